The zero-order chi connectivity index (χ0) is 15.4. The highest BCUT2D eigenvalue weighted by molar-refractivity contribution is 6.32. The number of ether oxygens (including phenoxy) is 2. The van der Waals surface area contributed by atoms with Gasteiger partial charge in [-0.25, -0.2) is 0 Å². The molecule has 1 aromatic rings. The van der Waals surface area contributed by atoms with Crippen LogP contribution in [-0.4, -0.2) is 31.8 Å². The maximum atomic E-state index is 11.9. The van der Waals surface area contributed by atoms with E-state index >= 15 is 0 Å². The number of rotatable bonds is 7. The first-order valence-corrected chi connectivity index (χ1v) is 7.52. The van der Waals surface area contributed by atoms with Crippen LogP contribution in [0.4, 0.5) is 5.69 Å². The second kappa shape index (κ2) is 7.11. The van der Waals surface area contributed by atoms with Crippen LogP contribution in [0.1, 0.15) is 32.4 Å². The van der Waals surface area contributed by atoms with Crippen molar-refractivity contribution in [1.29, 1.82) is 0 Å². The number of hydrogen-bond donors (Lipinski definition) is 2. The minimum atomic E-state index is -0.346. The number of benzene rings is 1. The third-order valence-corrected chi connectivity index (χ3v) is 3.43. The molecule has 1 heterocycles. The summed E-state index contributed by atoms with van der Waals surface area (Å²) in [6.07, 6.45) is 0.171. The summed E-state index contributed by atoms with van der Waals surface area (Å²) in [7, 11) is 0. The summed E-state index contributed by atoms with van der Waals surface area (Å²) in [6.45, 7) is 7.52. The molecule has 1 aliphatic heterocycles. The van der Waals surface area contributed by atoms with E-state index in [2.05, 4.69) is 10.6 Å². The van der Waals surface area contributed by atoms with Crippen molar-refractivity contribution < 1.29 is 14.3 Å². The van der Waals surface area contributed by atoms with Gasteiger partial charge in [-0.05, 0) is 26.5 Å². The topological polar surface area (TPSA) is 59.6 Å². The minimum absolute atomic E-state index is 0.0665. The van der Waals surface area contributed by atoms with E-state index in [9.17, 15) is 4.79 Å². The molecule has 0 radical (unpaired) electrons. The Morgan fingerprint density at radius 2 is 2.14 bits per heavy atom. The lowest BCUT2D eigenvalue weighted by molar-refractivity contribution is -0.117. The second-order valence-electron chi connectivity index (χ2n) is 5.12. The van der Waals surface area contributed by atoms with Gasteiger partial charge in [-0.15, -0.1) is 0 Å². The van der Waals surface area contributed by atoms with E-state index in [-0.39, 0.29) is 18.1 Å². The van der Waals surface area contributed by atoms with Crippen LogP contribution in [0.2, 0.25) is 5.02 Å². The molecular formula is C15H21ClN2O3. The first kappa shape index (κ1) is 16.1. The first-order valence-electron chi connectivity index (χ1n) is 7.15. The van der Waals surface area contributed by atoms with Crippen molar-refractivity contribution in [1.82, 2.24) is 5.32 Å². The number of nitrogens with one attached hydrogen (secondary N) is 2. The van der Waals surface area contributed by atoms with Crippen LogP contribution >= 0.6 is 11.6 Å². The molecule has 1 atom stereocenters. The lowest BCUT2D eigenvalue weighted by Gasteiger charge is -2.13. The molecule has 1 aromatic carbocycles. The molecule has 0 fully saturated rings. The molecule has 0 aliphatic carbocycles. The molecule has 2 rings (SSSR count). The van der Waals surface area contributed by atoms with Crippen molar-refractivity contribution >= 4 is 23.2 Å². The van der Waals surface area contributed by atoms with Gasteiger partial charge in [-0.1, -0.05) is 18.5 Å². The largest absolute Gasteiger partial charge is 0.490 e. The van der Waals surface area contributed by atoms with Crippen LogP contribution in [0, 0.1) is 0 Å². The molecule has 1 amide bonds. The zero-order valence-corrected chi connectivity index (χ0v) is 13.3. The monoisotopic (exact) mass is 312 g/mol. The second-order valence-corrected chi connectivity index (χ2v) is 5.53. The summed E-state index contributed by atoms with van der Waals surface area (Å²) < 4.78 is 11.0. The molecule has 5 nitrogen and oxygen atoms in total. The van der Waals surface area contributed by atoms with Gasteiger partial charge in [0, 0.05) is 17.3 Å². The summed E-state index contributed by atoms with van der Waals surface area (Å²) >= 11 is 6.23. The summed E-state index contributed by atoms with van der Waals surface area (Å²) in [5.41, 5.74) is 1.60. The van der Waals surface area contributed by atoms with E-state index in [0.29, 0.717) is 30.5 Å². The molecule has 6 heteroatoms. The Morgan fingerprint density at radius 3 is 2.81 bits per heavy atom. The predicted octanol–water partition coefficient (Wildman–Crippen LogP) is 2.75. The SMILES string of the molecule is CCNC1C(=O)Nc2cc(OCCOC(C)C)c(Cl)cc21. The molecule has 0 saturated heterocycles. The van der Waals surface area contributed by atoms with Crippen LogP contribution < -0.4 is 15.4 Å². The Hall–Kier alpha value is -1.30. The smallest absolute Gasteiger partial charge is 0.246 e. The van der Waals surface area contributed by atoms with E-state index in [1.54, 1.807) is 12.1 Å². The van der Waals surface area contributed by atoms with Gasteiger partial charge in [0.15, 0.2) is 0 Å². The number of likely N-dealkylation sites (N-methyl/N-ethyl adjacent to an activating group) is 1. The fraction of sp³-hybridized carbons (Fsp3) is 0.533. The van der Waals surface area contributed by atoms with Gasteiger partial charge in [-0.3, -0.25) is 4.79 Å². The number of fused-ring (bicyclic) bond motifs is 1. The molecule has 21 heavy (non-hydrogen) atoms. The number of anilines is 1. The summed E-state index contributed by atoms with van der Waals surface area (Å²) in [5, 5.41) is 6.47. The minimum Gasteiger partial charge on any atom is -0.490 e. The highest BCUT2D eigenvalue weighted by atomic mass is 35.5. The van der Waals surface area contributed by atoms with Crippen molar-refractivity contribution in [2.75, 3.05) is 25.1 Å². The molecule has 2 N–H and O–H groups in total. The number of halogens is 1. The molecule has 0 saturated carbocycles. The quantitative estimate of drug-likeness (QED) is 0.760. The van der Waals surface area contributed by atoms with Crippen molar-refractivity contribution in [3.63, 3.8) is 0 Å². The van der Waals surface area contributed by atoms with E-state index in [4.69, 9.17) is 21.1 Å². The number of carbonyl (C=O) groups is 1. The van der Waals surface area contributed by atoms with Gasteiger partial charge < -0.3 is 20.1 Å². The molecule has 116 valence electrons. The van der Waals surface area contributed by atoms with Crippen molar-refractivity contribution in [3.05, 3.63) is 22.7 Å². The Morgan fingerprint density at radius 1 is 1.38 bits per heavy atom. The Bertz CT molecular complexity index is 520. The average Bonchev–Trinajstić information content (AvgIpc) is 2.71. The Labute approximate surface area is 130 Å². The maximum Gasteiger partial charge on any atom is 0.246 e. The predicted molar refractivity (Wildman–Crippen MR) is 83.1 cm³/mol. The van der Waals surface area contributed by atoms with E-state index in [1.807, 2.05) is 20.8 Å². The van der Waals surface area contributed by atoms with Crippen molar-refractivity contribution in [2.45, 2.75) is 32.9 Å². The van der Waals surface area contributed by atoms with Gasteiger partial charge in [0.1, 0.15) is 18.4 Å². The lowest BCUT2D eigenvalue weighted by atomic mass is 10.1. The summed E-state index contributed by atoms with van der Waals surface area (Å²) in [5.74, 6) is 0.489. The van der Waals surface area contributed by atoms with Crippen LogP contribution in [0.3, 0.4) is 0 Å². The molecule has 0 bridgehead atoms. The zero-order valence-electron chi connectivity index (χ0n) is 12.5. The third-order valence-electron chi connectivity index (χ3n) is 3.14. The van der Waals surface area contributed by atoms with Gasteiger partial charge in [0.05, 0.1) is 17.7 Å². The highest BCUT2D eigenvalue weighted by Gasteiger charge is 2.30. The molecule has 1 unspecified atom stereocenters. The van der Waals surface area contributed by atoms with Gasteiger partial charge in [-0.2, -0.15) is 0 Å². The van der Waals surface area contributed by atoms with Gasteiger partial charge in [0.25, 0.3) is 0 Å². The lowest BCUT2D eigenvalue weighted by Crippen LogP contribution is -2.27. The van der Waals surface area contributed by atoms with E-state index < -0.39 is 0 Å². The van der Waals surface area contributed by atoms with Crippen LogP contribution in [0.15, 0.2) is 12.1 Å². The fourth-order valence-corrected chi connectivity index (χ4v) is 2.44. The number of hydrogen-bond acceptors (Lipinski definition) is 4. The maximum absolute atomic E-state index is 11.9. The molecular weight excluding hydrogens is 292 g/mol. The molecule has 1 aliphatic rings. The summed E-state index contributed by atoms with van der Waals surface area (Å²) in [6, 6.07) is 3.20. The van der Waals surface area contributed by atoms with Gasteiger partial charge >= 0.3 is 0 Å². The standard InChI is InChI=1S/C15H21ClN2O3/c1-4-17-14-10-7-11(16)13(8-12(10)18-15(14)19)21-6-5-20-9(2)3/h7-9,14,17H,4-6H2,1-3H3,(H,18,19). The van der Waals surface area contributed by atoms with Crippen LogP contribution in [0.25, 0.3) is 0 Å². The Balaban J connectivity index is 2.06. The van der Waals surface area contributed by atoms with Gasteiger partial charge in [0.2, 0.25) is 5.91 Å². The number of amides is 1. The van der Waals surface area contributed by atoms with Crippen LogP contribution in [0.5, 0.6) is 5.75 Å². The number of carbonyl (C=O) groups excluding carboxylic acids is 1. The average molecular weight is 313 g/mol. The van der Waals surface area contributed by atoms with Crippen LogP contribution in [-0.2, 0) is 9.53 Å². The fourth-order valence-electron chi connectivity index (χ4n) is 2.21. The normalized spacial score (nSPS) is 17.0. The van der Waals surface area contributed by atoms with Crippen molar-refractivity contribution in [3.8, 4) is 5.75 Å². The highest BCUT2D eigenvalue weighted by Crippen LogP contribution is 2.38. The summed E-state index contributed by atoms with van der Waals surface area (Å²) in [4.78, 5) is 11.9. The van der Waals surface area contributed by atoms with E-state index in [1.165, 1.54) is 0 Å². The van der Waals surface area contributed by atoms with E-state index in [0.717, 1.165) is 11.3 Å². The Kier molecular flexibility index (Phi) is 5.45. The molecule has 0 aromatic heterocycles. The molecule has 0 spiro atoms. The van der Waals surface area contributed by atoms with Crippen molar-refractivity contribution in [2.24, 2.45) is 0 Å². The third kappa shape index (κ3) is 3.87. The first-order chi connectivity index (χ1) is 10.0.